The lowest BCUT2D eigenvalue weighted by atomic mass is 9.78. The molecule has 0 radical (unpaired) electrons. The number of ether oxygens (including phenoxy) is 1. The minimum Gasteiger partial charge on any atom is -0.481 e. The number of nitrogens with one attached hydrogen (secondary N) is 2. The fourth-order valence-corrected chi connectivity index (χ4v) is 2.62. The van der Waals surface area contributed by atoms with Crippen molar-refractivity contribution >= 4 is 11.9 Å². The fraction of sp³-hybridized carbons (Fsp3) is 0.846. The average molecular weight is 270 g/mol. The standard InChI is InChI=1S/C13H22N2O4/c1-12(3-5-14-6-4-12)10(16)15-9-7-19-8-13(9,2)11(17)18/h9,14H,3-8H2,1-2H3,(H,15,16)(H,17,18). The first kappa shape index (κ1) is 14.3. The molecule has 2 atom stereocenters. The molecule has 2 fully saturated rings. The monoisotopic (exact) mass is 270 g/mol. The van der Waals surface area contributed by atoms with Gasteiger partial charge in [-0.25, -0.2) is 0 Å². The van der Waals surface area contributed by atoms with Crippen LogP contribution in [0.2, 0.25) is 0 Å². The average Bonchev–Trinajstić information content (AvgIpc) is 2.73. The van der Waals surface area contributed by atoms with Crippen LogP contribution in [0.15, 0.2) is 0 Å². The molecule has 0 aromatic heterocycles. The molecule has 0 aliphatic carbocycles. The summed E-state index contributed by atoms with van der Waals surface area (Å²) in [5, 5.41) is 15.4. The van der Waals surface area contributed by atoms with E-state index in [9.17, 15) is 14.7 Å². The number of hydrogen-bond donors (Lipinski definition) is 3. The van der Waals surface area contributed by atoms with Crippen LogP contribution < -0.4 is 10.6 Å². The number of carbonyl (C=O) groups excluding carboxylic acids is 1. The van der Waals surface area contributed by atoms with E-state index in [0.29, 0.717) is 0 Å². The third kappa shape index (κ3) is 2.60. The van der Waals surface area contributed by atoms with Crippen LogP contribution in [0.5, 0.6) is 0 Å². The summed E-state index contributed by atoms with van der Waals surface area (Å²) in [6, 6.07) is -0.454. The summed E-state index contributed by atoms with van der Waals surface area (Å²) in [5.74, 6) is -0.984. The maximum Gasteiger partial charge on any atom is 0.313 e. The highest BCUT2D eigenvalue weighted by Gasteiger charge is 2.48. The molecule has 1 amide bonds. The van der Waals surface area contributed by atoms with Gasteiger partial charge in [0.25, 0.3) is 0 Å². The van der Waals surface area contributed by atoms with Crippen LogP contribution in [0, 0.1) is 10.8 Å². The van der Waals surface area contributed by atoms with Crippen molar-refractivity contribution in [2.45, 2.75) is 32.7 Å². The van der Waals surface area contributed by atoms with Gasteiger partial charge in [-0.2, -0.15) is 0 Å². The molecule has 2 unspecified atom stereocenters. The van der Waals surface area contributed by atoms with Crippen molar-refractivity contribution in [1.29, 1.82) is 0 Å². The highest BCUT2D eigenvalue weighted by Crippen LogP contribution is 2.32. The van der Waals surface area contributed by atoms with Gasteiger partial charge in [-0.1, -0.05) is 6.92 Å². The van der Waals surface area contributed by atoms with E-state index in [4.69, 9.17) is 4.74 Å². The third-order valence-electron chi connectivity index (χ3n) is 4.50. The Morgan fingerprint density at radius 1 is 1.32 bits per heavy atom. The minimum absolute atomic E-state index is 0.0584. The fourth-order valence-electron chi connectivity index (χ4n) is 2.62. The molecule has 2 aliphatic heterocycles. The molecule has 108 valence electrons. The molecule has 6 heteroatoms. The van der Waals surface area contributed by atoms with Gasteiger partial charge in [0.2, 0.25) is 5.91 Å². The Hall–Kier alpha value is -1.14. The van der Waals surface area contributed by atoms with Gasteiger partial charge in [0, 0.05) is 5.41 Å². The van der Waals surface area contributed by atoms with E-state index in [1.54, 1.807) is 6.92 Å². The lowest BCUT2D eigenvalue weighted by Gasteiger charge is -2.35. The molecule has 2 heterocycles. The Morgan fingerprint density at radius 2 is 1.95 bits per heavy atom. The van der Waals surface area contributed by atoms with E-state index in [0.717, 1.165) is 25.9 Å². The second-order valence-electron chi connectivity index (χ2n) is 6.07. The van der Waals surface area contributed by atoms with Crippen LogP contribution >= 0.6 is 0 Å². The Balaban J connectivity index is 2.04. The zero-order chi connectivity index (χ0) is 14.1. The zero-order valence-corrected chi connectivity index (χ0v) is 11.5. The van der Waals surface area contributed by atoms with E-state index >= 15 is 0 Å². The highest BCUT2D eigenvalue weighted by atomic mass is 16.5. The lowest BCUT2D eigenvalue weighted by molar-refractivity contribution is -0.149. The Labute approximate surface area is 112 Å². The SMILES string of the molecule is CC1(C(=O)NC2COCC2(C)C(=O)O)CCNCC1. The third-order valence-corrected chi connectivity index (χ3v) is 4.50. The van der Waals surface area contributed by atoms with Crippen molar-refractivity contribution in [1.82, 2.24) is 10.6 Å². The first-order valence-corrected chi connectivity index (χ1v) is 6.71. The number of carboxylic acid groups (broad SMARTS) is 1. The lowest BCUT2D eigenvalue weighted by Crippen LogP contribution is -2.54. The smallest absolute Gasteiger partial charge is 0.313 e. The maximum absolute atomic E-state index is 12.4. The molecule has 2 aliphatic rings. The van der Waals surface area contributed by atoms with Crippen molar-refractivity contribution in [3.05, 3.63) is 0 Å². The first-order chi connectivity index (χ1) is 8.88. The molecule has 2 saturated heterocycles. The largest absolute Gasteiger partial charge is 0.481 e. The molecule has 19 heavy (non-hydrogen) atoms. The quantitative estimate of drug-likeness (QED) is 0.671. The summed E-state index contributed by atoms with van der Waals surface area (Å²) in [5.41, 5.74) is -1.44. The van der Waals surface area contributed by atoms with Crippen molar-refractivity contribution < 1.29 is 19.4 Å². The van der Waals surface area contributed by atoms with Gasteiger partial charge in [0.15, 0.2) is 0 Å². The Kier molecular flexibility index (Phi) is 3.82. The molecule has 0 aromatic rings. The van der Waals surface area contributed by atoms with Crippen molar-refractivity contribution in [2.75, 3.05) is 26.3 Å². The summed E-state index contributed by atoms with van der Waals surface area (Å²) >= 11 is 0. The molecular weight excluding hydrogens is 248 g/mol. The van der Waals surface area contributed by atoms with Crippen molar-refractivity contribution in [3.8, 4) is 0 Å². The van der Waals surface area contributed by atoms with Crippen molar-refractivity contribution in [2.24, 2.45) is 10.8 Å². The van der Waals surface area contributed by atoms with Gasteiger partial charge in [-0.05, 0) is 32.9 Å². The van der Waals surface area contributed by atoms with Crippen LogP contribution in [-0.4, -0.2) is 49.3 Å². The summed E-state index contributed by atoms with van der Waals surface area (Å²) in [6.07, 6.45) is 1.55. The number of aliphatic carboxylic acids is 1. The second-order valence-corrected chi connectivity index (χ2v) is 6.07. The second kappa shape index (κ2) is 5.09. The minimum atomic E-state index is -1.03. The molecule has 3 N–H and O–H groups in total. The Morgan fingerprint density at radius 3 is 2.53 bits per heavy atom. The summed E-state index contributed by atoms with van der Waals surface area (Å²) in [6.45, 7) is 5.62. The van der Waals surface area contributed by atoms with Crippen LogP contribution in [0.3, 0.4) is 0 Å². The molecule has 0 aromatic carbocycles. The maximum atomic E-state index is 12.4. The number of amides is 1. The van der Waals surface area contributed by atoms with Gasteiger partial charge in [-0.15, -0.1) is 0 Å². The van der Waals surface area contributed by atoms with E-state index in [2.05, 4.69) is 10.6 Å². The Bertz CT molecular complexity index is 379. The number of rotatable bonds is 3. The van der Waals surface area contributed by atoms with E-state index in [-0.39, 0.29) is 19.1 Å². The predicted molar refractivity (Wildman–Crippen MR) is 68.7 cm³/mol. The van der Waals surface area contributed by atoms with Gasteiger partial charge >= 0.3 is 5.97 Å². The molecule has 6 nitrogen and oxygen atoms in total. The molecule has 0 bridgehead atoms. The number of hydrogen-bond acceptors (Lipinski definition) is 4. The number of carbonyl (C=O) groups is 2. The topological polar surface area (TPSA) is 87.7 Å². The van der Waals surface area contributed by atoms with Gasteiger partial charge in [-0.3, -0.25) is 9.59 Å². The highest BCUT2D eigenvalue weighted by molar-refractivity contribution is 5.84. The number of piperidine rings is 1. The molecule has 2 rings (SSSR count). The summed E-state index contributed by atoms with van der Waals surface area (Å²) < 4.78 is 5.25. The summed E-state index contributed by atoms with van der Waals surface area (Å²) in [4.78, 5) is 23.7. The van der Waals surface area contributed by atoms with E-state index in [1.165, 1.54) is 0 Å². The summed E-state index contributed by atoms with van der Waals surface area (Å²) in [7, 11) is 0. The zero-order valence-electron chi connectivity index (χ0n) is 11.5. The normalized spacial score (nSPS) is 33.9. The predicted octanol–water partition coefficient (Wildman–Crippen LogP) is -0.0180. The van der Waals surface area contributed by atoms with Gasteiger partial charge in [0.05, 0.1) is 19.3 Å². The first-order valence-electron chi connectivity index (χ1n) is 6.71. The molecule has 0 spiro atoms. The molecule has 0 saturated carbocycles. The van der Waals surface area contributed by atoms with Crippen LogP contribution in [-0.2, 0) is 14.3 Å². The van der Waals surface area contributed by atoms with E-state index in [1.807, 2.05) is 6.92 Å². The van der Waals surface area contributed by atoms with Crippen LogP contribution in [0.4, 0.5) is 0 Å². The van der Waals surface area contributed by atoms with Gasteiger partial charge < -0.3 is 20.5 Å². The van der Waals surface area contributed by atoms with Crippen molar-refractivity contribution in [3.63, 3.8) is 0 Å². The van der Waals surface area contributed by atoms with Crippen LogP contribution in [0.25, 0.3) is 0 Å². The number of carboxylic acids is 1. The molecular formula is C13H22N2O4. The van der Waals surface area contributed by atoms with E-state index < -0.39 is 22.8 Å². The van der Waals surface area contributed by atoms with Gasteiger partial charge in [0.1, 0.15) is 5.41 Å². The van der Waals surface area contributed by atoms with Crippen LogP contribution in [0.1, 0.15) is 26.7 Å².